The molecule has 1 aliphatic rings. The maximum absolute atomic E-state index is 12.3. The van der Waals surface area contributed by atoms with Gasteiger partial charge in [-0.25, -0.2) is 18.5 Å². The van der Waals surface area contributed by atoms with Gasteiger partial charge in [-0.2, -0.15) is 8.62 Å². The second-order valence-corrected chi connectivity index (χ2v) is 11.8. The number of aromatic amines is 1. The van der Waals surface area contributed by atoms with Crippen molar-refractivity contribution in [1.82, 2.24) is 9.55 Å². The van der Waals surface area contributed by atoms with Crippen LogP contribution >= 0.6 is 23.5 Å². The molecule has 0 spiro atoms. The Morgan fingerprint density at radius 3 is 2.42 bits per heavy atom. The van der Waals surface area contributed by atoms with Gasteiger partial charge in [0, 0.05) is 18.2 Å². The number of hydrogen-bond donors (Lipinski definition) is 5. The smallest absolute Gasteiger partial charge is 0.352 e. The number of aromatic nitrogens is 2. The summed E-state index contributed by atoms with van der Waals surface area (Å²) in [6.07, 6.45) is -0.482. The Morgan fingerprint density at radius 2 is 1.85 bits per heavy atom. The molecule has 2 rings (SSSR count). The topological polar surface area (TPSA) is 224 Å². The van der Waals surface area contributed by atoms with Gasteiger partial charge < -0.3 is 24.3 Å². The molecule has 0 aliphatic carbocycles. The average molecular weight is 534 g/mol. The number of ether oxygens (including phenoxy) is 1. The summed E-state index contributed by atoms with van der Waals surface area (Å²) in [7, 11) is -16.7. The monoisotopic (exact) mass is 534 g/mol. The lowest BCUT2D eigenvalue weighted by atomic mass is 10.1. The fourth-order valence-electron chi connectivity index (χ4n) is 3.12. The van der Waals surface area contributed by atoms with Crippen molar-refractivity contribution in [3.8, 4) is 0 Å². The van der Waals surface area contributed by atoms with E-state index in [1.54, 1.807) is 0 Å². The molecule has 0 radical (unpaired) electrons. The number of hydrogen-bond acceptors (Lipinski definition) is 9. The van der Waals surface area contributed by atoms with Crippen LogP contribution in [0.1, 0.15) is 44.4 Å². The summed E-state index contributed by atoms with van der Waals surface area (Å²) in [6.45, 7) is 7.03. The second kappa shape index (κ2) is 10.6. The third-order valence-electron chi connectivity index (χ3n) is 4.38. The summed E-state index contributed by atoms with van der Waals surface area (Å²) in [4.78, 5) is 62.5. The zero-order valence-electron chi connectivity index (χ0n) is 17.6. The van der Waals surface area contributed by atoms with E-state index in [-0.39, 0.29) is 12.0 Å². The van der Waals surface area contributed by atoms with Gasteiger partial charge in [-0.05, 0) is 33.1 Å². The molecule has 33 heavy (non-hydrogen) atoms. The summed E-state index contributed by atoms with van der Waals surface area (Å²) in [5.41, 5.74) is -0.516. The number of rotatable bonds is 11. The quantitative estimate of drug-likeness (QED) is 0.201. The molecule has 1 aromatic rings. The van der Waals surface area contributed by atoms with Crippen LogP contribution in [0.5, 0.6) is 0 Å². The van der Waals surface area contributed by atoms with E-state index in [0.717, 1.165) is 16.3 Å². The van der Waals surface area contributed by atoms with Crippen LogP contribution in [0.3, 0.4) is 0 Å². The van der Waals surface area contributed by atoms with Crippen LogP contribution < -0.4 is 11.2 Å². The Morgan fingerprint density at radius 1 is 1.21 bits per heavy atom. The van der Waals surface area contributed by atoms with Crippen LogP contribution in [0.15, 0.2) is 27.9 Å². The van der Waals surface area contributed by atoms with Gasteiger partial charge >= 0.3 is 29.2 Å². The summed E-state index contributed by atoms with van der Waals surface area (Å²) in [6, 6.07) is 0. The summed E-state index contributed by atoms with van der Waals surface area (Å²) in [5, 5.41) is 0. The van der Waals surface area contributed by atoms with Gasteiger partial charge in [0.25, 0.3) is 5.56 Å². The molecule has 18 heteroatoms. The normalized spacial score (nSPS) is 24.8. The highest BCUT2D eigenvalue weighted by Crippen LogP contribution is 2.67. The Balaban J connectivity index is 2.28. The molecule has 5 atom stereocenters. The molecule has 2 heterocycles. The Labute approximate surface area is 187 Å². The zero-order chi connectivity index (χ0) is 25.2. The fraction of sp³-hybridized carbons (Fsp3) is 0.600. The first kappa shape index (κ1) is 28.0. The lowest BCUT2D eigenvalue weighted by Crippen LogP contribution is -2.36. The molecule has 1 fully saturated rings. The molecule has 0 amide bonds. The lowest BCUT2D eigenvalue weighted by molar-refractivity contribution is -0.0411. The van der Waals surface area contributed by atoms with E-state index in [4.69, 9.17) is 19.0 Å². The van der Waals surface area contributed by atoms with Crippen molar-refractivity contribution in [2.75, 3.05) is 0 Å². The van der Waals surface area contributed by atoms with Crippen LogP contribution in [-0.4, -0.2) is 41.3 Å². The highest BCUT2D eigenvalue weighted by atomic mass is 31.3. The second-order valence-electron chi connectivity index (χ2n) is 7.45. The fourth-order valence-corrected chi connectivity index (χ4v) is 6.31. The highest BCUT2D eigenvalue weighted by Gasteiger charge is 2.46. The van der Waals surface area contributed by atoms with Gasteiger partial charge in [-0.15, -0.1) is 6.58 Å². The first-order valence-corrected chi connectivity index (χ1v) is 13.9. The zero-order valence-corrected chi connectivity index (χ0v) is 20.3. The van der Waals surface area contributed by atoms with Crippen molar-refractivity contribution < 1.29 is 51.2 Å². The van der Waals surface area contributed by atoms with E-state index in [1.165, 1.54) is 6.92 Å². The third-order valence-corrected chi connectivity index (χ3v) is 8.24. The molecular formula is C15H25N2O13P3. The minimum atomic E-state index is -5.72. The van der Waals surface area contributed by atoms with Gasteiger partial charge in [0.05, 0.1) is 6.10 Å². The minimum Gasteiger partial charge on any atom is -0.352 e. The van der Waals surface area contributed by atoms with Crippen LogP contribution in [0.25, 0.3) is 0 Å². The van der Waals surface area contributed by atoms with E-state index in [1.807, 2.05) is 6.92 Å². The van der Waals surface area contributed by atoms with Crippen LogP contribution in [0, 0.1) is 6.92 Å². The number of allylic oxidation sites excluding steroid dienone is 1. The van der Waals surface area contributed by atoms with Gasteiger partial charge in [0.1, 0.15) is 6.10 Å². The summed E-state index contributed by atoms with van der Waals surface area (Å²) in [5.74, 6) is 0. The van der Waals surface area contributed by atoms with Gasteiger partial charge in [0.2, 0.25) is 0 Å². The molecule has 1 saturated heterocycles. The van der Waals surface area contributed by atoms with E-state index >= 15 is 0 Å². The van der Waals surface area contributed by atoms with E-state index < -0.39 is 53.2 Å². The first-order valence-electron chi connectivity index (χ1n) is 9.42. The number of phosphoric ester groups is 1. The highest BCUT2D eigenvalue weighted by molar-refractivity contribution is 7.66. The van der Waals surface area contributed by atoms with Crippen LogP contribution in [0.2, 0.25) is 0 Å². The Kier molecular flexibility index (Phi) is 9.00. The van der Waals surface area contributed by atoms with E-state index in [9.17, 15) is 33.1 Å². The van der Waals surface area contributed by atoms with Gasteiger partial charge in [-0.1, -0.05) is 5.57 Å². The molecule has 1 aliphatic heterocycles. The predicted molar refractivity (Wildman–Crippen MR) is 112 cm³/mol. The molecule has 0 bridgehead atoms. The largest absolute Gasteiger partial charge is 0.490 e. The molecular weight excluding hydrogens is 509 g/mol. The first-order chi connectivity index (χ1) is 15.0. The van der Waals surface area contributed by atoms with Crippen molar-refractivity contribution in [2.45, 2.75) is 58.0 Å². The number of H-pyrrole nitrogens is 1. The van der Waals surface area contributed by atoms with Crippen molar-refractivity contribution in [3.63, 3.8) is 0 Å². The molecule has 1 aromatic heterocycles. The maximum Gasteiger partial charge on any atom is 0.490 e. The molecule has 188 valence electrons. The number of phosphoric acid groups is 3. The third kappa shape index (κ3) is 8.82. The minimum absolute atomic E-state index is 0.0611. The van der Waals surface area contributed by atoms with E-state index in [0.29, 0.717) is 19.3 Å². The van der Waals surface area contributed by atoms with Crippen molar-refractivity contribution in [2.24, 2.45) is 0 Å². The standard InChI is InChI=1S/C15H25N2O13P3/c1-9(2)5-4-6-11-7-12(14(27-11)17-8-10(3)13(18)16-15(17)19)28-32(23,24)30-33(25,26)29-31(20,21)22/h8,11-12,14H,1,4-7H2,2-3H3,(H,23,24)(H,25,26)(H,16,18,19)(H2,20,21,22)/t11-,12?,14-/m1/s1. The van der Waals surface area contributed by atoms with Crippen molar-refractivity contribution >= 4 is 23.5 Å². The van der Waals surface area contributed by atoms with Crippen molar-refractivity contribution in [3.05, 3.63) is 44.8 Å². The van der Waals surface area contributed by atoms with Crippen LogP contribution in [0.4, 0.5) is 0 Å². The van der Waals surface area contributed by atoms with Gasteiger partial charge in [-0.3, -0.25) is 18.9 Å². The predicted octanol–water partition coefficient (Wildman–Crippen LogP) is 1.59. The SMILES string of the molecule is C=C(C)CCC[C@@H]1CC(OP(=O)(O)OP(=O)(O)OP(=O)(O)O)[C@H](n2cc(C)c(=O)[nH]c2=O)O1. The lowest BCUT2D eigenvalue weighted by Gasteiger charge is -2.23. The number of nitrogens with zero attached hydrogens (tertiary/aromatic N) is 1. The summed E-state index contributed by atoms with van der Waals surface area (Å²) < 4.78 is 53.8. The maximum atomic E-state index is 12.3. The molecule has 0 saturated carbocycles. The van der Waals surface area contributed by atoms with E-state index in [2.05, 4.69) is 20.2 Å². The summed E-state index contributed by atoms with van der Waals surface area (Å²) >= 11 is 0. The van der Waals surface area contributed by atoms with Crippen molar-refractivity contribution in [1.29, 1.82) is 0 Å². The molecule has 5 N–H and O–H groups in total. The Hall–Kier alpha value is -1.21. The average Bonchev–Trinajstić information content (AvgIpc) is 2.95. The Bertz CT molecular complexity index is 1140. The van der Waals surface area contributed by atoms with Gasteiger partial charge in [0.15, 0.2) is 6.23 Å². The number of aryl methyl sites for hydroxylation is 1. The number of nitrogens with one attached hydrogen (secondary N) is 1. The molecule has 15 nitrogen and oxygen atoms in total. The van der Waals surface area contributed by atoms with Crippen LogP contribution in [-0.2, 0) is 31.6 Å². The molecule has 3 unspecified atom stereocenters. The molecule has 0 aromatic carbocycles.